The fourth-order valence-electron chi connectivity index (χ4n) is 0.0958. The van der Waals surface area contributed by atoms with Crippen molar-refractivity contribution in [3.8, 4) is 0 Å². The second-order valence-electron chi connectivity index (χ2n) is 0.544. The standard InChI is InChI=1S/2CH3.2Mo.4O/h2*1H3;;;;;;/q2*-1;;;;;;. The summed E-state index contributed by atoms with van der Waals surface area (Å²) >= 11 is -5.51. The molecule has 0 aromatic rings. The summed E-state index contributed by atoms with van der Waals surface area (Å²) in [6, 6.07) is 0. The molecule has 0 aromatic heterocycles. The van der Waals surface area contributed by atoms with E-state index in [-0.39, 0.29) is 14.9 Å². The van der Waals surface area contributed by atoms with Gasteiger partial charge in [-0.1, -0.05) is 0 Å². The van der Waals surface area contributed by atoms with E-state index in [1.54, 1.807) is 0 Å². The molecule has 0 aromatic carbocycles. The molecule has 1 heterocycles. The fourth-order valence-corrected chi connectivity index (χ4v) is 3.35. The summed E-state index contributed by atoms with van der Waals surface area (Å²) in [6.45, 7) is 0. The summed E-state index contributed by atoms with van der Waals surface area (Å²) in [6.07, 6.45) is 0. The van der Waals surface area contributed by atoms with E-state index in [9.17, 15) is 6.80 Å². The predicted molar refractivity (Wildman–Crippen MR) is 16.4 cm³/mol. The molecule has 8 heavy (non-hydrogen) atoms. The van der Waals surface area contributed by atoms with Crippen LogP contribution in [0.1, 0.15) is 0 Å². The van der Waals surface area contributed by atoms with Crippen LogP contribution in [0.25, 0.3) is 0 Å². The first-order valence-electron chi connectivity index (χ1n) is 1.00. The number of hydrogen-bond acceptors (Lipinski definition) is 4. The second kappa shape index (κ2) is 4.75. The molecule has 0 saturated carbocycles. The van der Waals surface area contributed by atoms with E-state index in [2.05, 4.69) is 4.09 Å². The van der Waals surface area contributed by atoms with Crippen molar-refractivity contribution in [1.29, 1.82) is 0 Å². The van der Waals surface area contributed by atoms with Gasteiger partial charge in [-0.3, -0.25) is 0 Å². The maximum atomic E-state index is 9.76. The van der Waals surface area contributed by atoms with Crippen LogP contribution in [0.2, 0.25) is 0 Å². The van der Waals surface area contributed by atoms with Crippen molar-refractivity contribution >= 4 is 0 Å². The zero-order valence-electron chi connectivity index (χ0n) is 4.45. The Kier molecular flexibility index (Phi) is 6.92. The molecule has 0 amide bonds. The molecule has 1 aliphatic heterocycles. The molecule has 0 bridgehead atoms. The minimum atomic E-state index is -2.75. The van der Waals surface area contributed by atoms with Crippen LogP contribution in [0.4, 0.5) is 0 Å². The first-order valence-corrected chi connectivity index (χ1v) is 5.92. The molecule has 52 valence electrons. The zero-order chi connectivity index (χ0) is 4.57. The summed E-state index contributed by atoms with van der Waals surface area (Å²) in [5, 5.41) is 0. The Bertz CT molecular complexity index is 88.6. The van der Waals surface area contributed by atoms with Crippen LogP contribution in [-0.2, 0) is 47.0 Å². The molecule has 1 aliphatic rings. The van der Waals surface area contributed by atoms with E-state index in [1.165, 1.54) is 0 Å². The summed E-state index contributed by atoms with van der Waals surface area (Å²) in [4.78, 5) is 0. The monoisotopic (exact) mass is 290 g/mol. The number of hydrogen-bond donors (Lipinski definition) is 0. The third kappa shape index (κ3) is 3.03. The average Bonchev–Trinajstić information content (AvgIpc) is 1.33. The third-order valence-electron chi connectivity index (χ3n) is 0.222. The van der Waals surface area contributed by atoms with Gasteiger partial charge in [-0.05, 0) is 0 Å². The Morgan fingerprint density at radius 2 is 1.12 bits per heavy atom. The molecular formula is C2H6Mo2O4-2. The van der Waals surface area contributed by atoms with Gasteiger partial charge in [0, 0.05) is 0 Å². The molecule has 0 atom stereocenters. The number of rotatable bonds is 0. The Hall–Kier alpha value is 0.897. The van der Waals surface area contributed by atoms with Gasteiger partial charge in [0.05, 0.1) is 0 Å². The molecule has 0 spiro atoms. The van der Waals surface area contributed by atoms with Crippen LogP contribution in [0, 0.1) is 14.9 Å². The van der Waals surface area contributed by atoms with Gasteiger partial charge in [-0.15, -0.1) is 0 Å². The first-order chi connectivity index (χ1) is 2.79. The molecule has 1 fully saturated rings. The molecule has 4 nitrogen and oxygen atoms in total. The van der Waals surface area contributed by atoms with Gasteiger partial charge in [0.15, 0.2) is 0 Å². The fraction of sp³-hybridized carbons (Fsp3) is 0. The molecule has 0 radical (unpaired) electrons. The van der Waals surface area contributed by atoms with Crippen LogP contribution in [0.5, 0.6) is 0 Å². The van der Waals surface area contributed by atoms with Crippen molar-refractivity contribution < 1.29 is 47.0 Å². The molecule has 0 N–H and O–H groups in total. The average molecular weight is 286 g/mol. The van der Waals surface area contributed by atoms with Crippen LogP contribution >= 0.6 is 0 Å². The van der Waals surface area contributed by atoms with Crippen molar-refractivity contribution in [2.45, 2.75) is 0 Å². The van der Waals surface area contributed by atoms with Crippen LogP contribution in [-0.4, -0.2) is 0 Å². The van der Waals surface area contributed by atoms with Crippen molar-refractivity contribution in [2.24, 2.45) is 0 Å². The summed E-state index contributed by atoms with van der Waals surface area (Å²) in [7, 11) is 0. The molecule has 6 heteroatoms. The molecule has 1 rings (SSSR count). The topological polar surface area (TPSA) is 52.6 Å². The third-order valence-corrected chi connectivity index (χ3v) is 7.78. The van der Waals surface area contributed by atoms with Crippen LogP contribution in [0.15, 0.2) is 0 Å². The van der Waals surface area contributed by atoms with Gasteiger partial charge in [-0.25, -0.2) is 0 Å². The van der Waals surface area contributed by atoms with Gasteiger partial charge in [0.25, 0.3) is 0 Å². The second-order valence-corrected chi connectivity index (χ2v) is 7.18. The van der Waals surface area contributed by atoms with Gasteiger partial charge < -0.3 is 14.9 Å². The van der Waals surface area contributed by atoms with Gasteiger partial charge in [0.2, 0.25) is 0 Å². The van der Waals surface area contributed by atoms with Crippen molar-refractivity contribution in [2.75, 3.05) is 0 Å². The minimum absolute atomic E-state index is 0. The Balaban J connectivity index is 0. The molecule has 0 aliphatic carbocycles. The van der Waals surface area contributed by atoms with Gasteiger partial charge >= 0.3 is 47.0 Å². The summed E-state index contributed by atoms with van der Waals surface area (Å²) < 4.78 is 27.8. The maximum absolute atomic E-state index is 9.76. The van der Waals surface area contributed by atoms with Gasteiger partial charge in [-0.2, -0.15) is 0 Å². The first kappa shape index (κ1) is 11.7. The van der Waals surface area contributed by atoms with Crippen LogP contribution in [0.3, 0.4) is 0 Å². The van der Waals surface area contributed by atoms with Gasteiger partial charge in [0.1, 0.15) is 0 Å². The Labute approximate surface area is 61.7 Å². The SMILES string of the molecule is [CH3-].[CH3-].[O]=[Mo]1[O][Mo](=[O])[O]1. The Morgan fingerprint density at radius 1 is 0.875 bits per heavy atom. The normalized spacial score (nSPS) is 20.0. The zero-order valence-corrected chi connectivity index (χ0v) is 8.46. The predicted octanol–water partition coefficient (Wildman–Crippen LogP) is 0.521. The quantitative estimate of drug-likeness (QED) is 0.481. The van der Waals surface area contributed by atoms with Crippen molar-refractivity contribution in [3.05, 3.63) is 14.9 Å². The summed E-state index contributed by atoms with van der Waals surface area (Å²) in [5.74, 6) is 0. The molecule has 1 saturated heterocycles. The summed E-state index contributed by atoms with van der Waals surface area (Å²) in [5.41, 5.74) is 0. The van der Waals surface area contributed by atoms with Crippen molar-refractivity contribution in [3.63, 3.8) is 0 Å². The van der Waals surface area contributed by atoms with Crippen molar-refractivity contribution in [1.82, 2.24) is 0 Å². The van der Waals surface area contributed by atoms with E-state index in [0.717, 1.165) is 0 Å². The van der Waals surface area contributed by atoms with E-state index < -0.39 is 36.1 Å². The van der Waals surface area contributed by atoms with E-state index in [4.69, 9.17) is 0 Å². The van der Waals surface area contributed by atoms with Crippen LogP contribution < -0.4 is 0 Å². The van der Waals surface area contributed by atoms with E-state index in [1.807, 2.05) is 0 Å². The molecular weight excluding hydrogens is 280 g/mol. The molecule has 0 unspecified atom stereocenters. The Morgan fingerprint density at radius 3 is 1.12 bits per heavy atom. The van der Waals surface area contributed by atoms with E-state index in [0.29, 0.717) is 0 Å². The van der Waals surface area contributed by atoms with E-state index >= 15 is 0 Å².